The lowest BCUT2D eigenvalue weighted by molar-refractivity contribution is -0.146. The molecule has 5 nitrogen and oxygen atoms in total. The van der Waals surface area contributed by atoms with E-state index in [9.17, 15) is 4.79 Å². The van der Waals surface area contributed by atoms with Crippen LogP contribution in [0, 0.1) is 13.8 Å². The van der Waals surface area contributed by atoms with Crippen LogP contribution in [0.15, 0.2) is 18.2 Å². The van der Waals surface area contributed by atoms with Crippen LogP contribution in [0.5, 0.6) is 0 Å². The van der Waals surface area contributed by atoms with Crippen molar-refractivity contribution in [3.05, 3.63) is 29.3 Å². The standard InChI is InChI=1S/C19H28N2O3/c1-14-5-6-15(2)16(11-14)20-18(22)12-21-9-7-17(23-3)19(13-21)8-4-10-24-19/h5-6,11,17H,4,7-10,12-13H2,1-3H3,(H,20,22). The van der Waals surface area contributed by atoms with Crippen LogP contribution in [0.3, 0.4) is 0 Å². The molecule has 1 aromatic rings. The molecular formula is C19H28N2O3. The summed E-state index contributed by atoms with van der Waals surface area (Å²) in [5.41, 5.74) is 2.91. The lowest BCUT2D eigenvalue weighted by Gasteiger charge is -2.44. The second kappa shape index (κ2) is 7.21. The Hall–Kier alpha value is -1.43. The molecule has 1 aromatic carbocycles. The third kappa shape index (κ3) is 3.63. The van der Waals surface area contributed by atoms with Crippen LogP contribution in [-0.2, 0) is 14.3 Å². The van der Waals surface area contributed by atoms with E-state index in [2.05, 4.69) is 16.3 Å². The summed E-state index contributed by atoms with van der Waals surface area (Å²) in [4.78, 5) is 14.7. The highest BCUT2D eigenvalue weighted by molar-refractivity contribution is 5.93. The molecule has 0 saturated carbocycles. The molecule has 2 aliphatic rings. The quantitative estimate of drug-likeness (QED) is 0.920. The summed E-state index contributed by atoms with van der Waals surface area (Å²) in [5.74, 6) is 0.0349. The molecule has 2 heterocycles. The number of hydrogen-bond acceptors (Lipinski definition) is 4. The number of carbonyl (C=O) groups is 1. The van der Waals surface area contributed by atoms with E-state index in [1.165, 1.54) is 0 Å². The van der Waals surface area contributed by atoms with Gasteiger partial charge in [-0.2, -0.15) is 0 Å². The van der Waals surface area contributed by atoms with Crippen LogP contribution in [0.2, 0.25) is 0 Å². The summed E-state index contributed by atoms with van der Waals surface area (Å²) in [6.07, 6.45) is 3.13. The molecule has 2 fully saturated rings. The number of benzene rings is 1. The molecule has 2 unspecified atom stereocenters. The highest BCUT2D eigenvalue weighted by Crippen LogP contribution is 2.36. The third-order valence-corrected chi connectivity index (χ3v) is 5.24. The number of carbonyl (C=O) groups excluding carboxylic acids is 1. The number of hydrogen-bond donors (Lipinski definition) is 1. The SMILES string of the molecule is COC1CCN(CC(=O)Nc2cc(C)ccc2C)CC12CCCO2. The van der Waals surface area contributed by atoms with Crippen molar-refractivity contribution in [2.75, 3.05) is 38.7 Å². The number of piperidine rings is 1. The Labute approximate surface area is 144 Å². The van der Waals surface area contributed by atoms with E-state index in [0.29, 0.717) is 6.54 Å². The Morgan fingerprint density at radius 1 is 1.46 bits per heavy atom. The summed E-state index contributed by atoms with van der Waals surface area (Å²) < 4.78 is 11.7. The van der Waals surface area contributed by atoms with Crippen molar-refractivity contribution in [2.45, 2.75) is 44.8 Å². The number of nitrogens with zero attached hydrogens (tertiary/aromatic N) is 1. The predicted octanol–water partition coefficient (Wildman–Crippen LogP) is 2.51. The number of likely N-dealkylation sites (tertiary alicyclic amines) is 1. The van der Waals surface area contributed by atoms with Crippen molar-refractivity contribution in [3.63, 3.8) is 0 Å². The van der Waals surface area contributed by atoms with Crippen molar-refractivity contribution < 1.29 is 14.3 Å². The predicted molar refractivity (Wildman–Crippen MR) is 94.3 cm³/mol. The fourth-order valence-electron chi connectivity index (χ4n) is 3.95. The van der Waals surface area contributed by atoms with Crippen LogP contribution in [0.4, 0.5) is 5.69 Å². The Bertz CT molecular complexity index is 596. The molecule has 5 heteroatoms. The van der Waals surface area contributed by atoms with E-state index < -0.39 is 0 Å². The van der Waals surface area contributed by atoms with Gasteiger partial charge in [-0.1, -0.05) is 12.1 Å². The summed E-state index contributed by atoms with van der Waals surface area (Å²) in [6.45, 7) is 6.87. The van der Waals surface area contributed by atoms with Crippen LogP contribution < -0.4 is 5.32 Å². The molecule has 2 aliphatic heterocycles. The molecule has 0 radical (unpaired) electrons. The van der Waals surface area contributed by atoms with Gasteiger partial charge in [0.2, 0.25) is 5.91 Å². The molecule has 0 bridgehead atoms. The van der Waals surface area contributed by atoms with Gasteiger partial charge in [-0.05, 0) is 50.3 Å². The minimum Gasteiger partial charge on any atom is -0.378 e. The van der Waals surface area contributed by atoms with Gasteiger partial charge in [-0.15, -0.1) is 0 Å². The average molecular weight is 332 g/mol. The number of aryl methyl sites for hydroxylation is 2. The fourth-order valence-corrected chi connectivity index (χ4v) is 3.95. The Kier molecular flexibility index (Phi) is 5.23. The van der Waals surface area contributed by atoms with Crippen LogP contribution in [-0.4, -0.2) is 55.9 Å². The maximum atomic E-state index is 12.5. The van der Waals surface area contributed by atoms with E-state index >= 15 is 0 Å². The van der Waals surface area contributed by atoms with Crippen LogP contribution in [0.1, 0.15) is 30.4 Å². The molecule has 132 valence electrons. The first-order chi connectivity index (χ1) is 11.5. The largest absolute Gasteiger partial charge is 0.378 e. The molecule has 2 atom stereocenters. The zero-order chi connectivity index (χ0) is 17.2. The summed E-state index contributed by atoms with van der Waals surface area (Å²) >= 11 is 0. The van der Waals surface area contributed by atoms with Crippen LogP contribution in [0.25, 0.3) is 0 Å². The lowest BCUT2D eigenvalue weighted by Crippen LogP contribution is -2.58. The van der Waals surface area contributed by atoms with Crippen molar-refractivity contribution in [1.29, 1.82) is 0 Å². The first kappa shape index (κ1) is 17.4. The second-order valence-corrected chi connectivity index (χ2v) is 7.11. The smallest absolute Gasteiger partial charge is 0.238 e. The lowest BCUT2D eigenvalue weighted by atomic mass is 9.87. The van der Waals surface area contributed by atoms with E-state index in [0.717, 1.165) is 55.8 Å². The van der Waals surface area contributed by atoms with Crippen molar-refractivity contribution in [1.82, 2.24) is 4.90 Å². The van der Waals surface area contributed by atoms with Crippen molar-refractivity contribution in [2.24, 2.45) is 0 Å². The zero-order valence-electron chi connectivity index (χ0n) is 14.9. The molecule has 1 spiro atoms. The van der Waals surface area contributed by atoms with Gasteiger partial charge in [0, 0.05) is 32.5 Å². The second-order valence-electron chi connectivity index (χ2n) is 7.11. The molecule has 1 N–H and O–H groups in total. The van der Waals surface area contributed by atoms with E-state index in [1.807, 2.05) is 26.0 Å². The molecule has 0 aromatic heterocycles. The van der Waals surface area contributed by atoms with Gasteiger partial charge in [0.1, 0.15) is 5.60 Å². The highest BCUT2D eigenvalue weighted by atomic mass is 16.5. The molecule has 24 heavy (non-hydrogen) atoms. The monoisotopic (exact) mass is 332 g/mol. The molecule has 3 rings (SSSR count). The Balaban J connectivity index is 1.61. The summed E-state index contributed by atoms with van der Waals surface area (Å²) in [6, 6.07) is 6.12. The number of nitrogens with one attached hydrogen (secondary N) is 1. The van der Waals surface area contributed by atoms with Crippen molar-refractivity contribution in [3.8, 4) is 0 Å². The van der Waals surface area contributed by atoms with E-state index in [4.69, 9.17) is 9.47 Å². The number of rotatable bonds is 4. The van der Waals surface area contributed by atoms with Gasteiger partial charge in [0.25, 0.3) is 0 Å². The Morgan fingerprint density at radius 3 is 3.00 bits per heavy atom. The van der Waals surface area contributed by atoms with Gasteiger partial charge in [-0.3, -0.25) is 9.69 Å². The highest BCUT2D eigenvalue weighted by Gasteiger charge is 2.47. The minimum atomic E-state index is -0.230. The number of methoxy groups -OCH3 is 1. The molecular weight excluding hydrogens is 304 g/mol. The molecule has 2 saturated heterocycles. The van der Waals surface area contributed by atoms with E-state index in [1.54, 1.807) is 7.11 Å². The Morgan fingerprint density at radius 2 is 2.29 bits per heavy atom. The van der Waals surface area contributed by atoms with Gasteiger partial charge < -0.3 is 14.8 Å². The molecule has 0 aliphatic carbocycles. The van der Waals surface area contributed by atoms with Gasteiger partial charge in [0.15, 0.2) is 0 Å². The summed E-state index contributed by atoms with van der Waals surface area (Å²) in [7, 11) is 1.76. The number of anilines is 1. The normalized spacial score (nSPS) is 27.5. The maximum absolute atomic E-state index is 12.5. The maximum Gasteiger partial charge on any atom is 0.238 e. The number of ether oxygens (including phenoxy) is 2. The van der Waals surface area contributed by atoms with Gasteiger partial charge in [0.05, 0.1) is 12.6 Å². The zero-order valence-corrected chi connectivity index (χ0v) is 14.9. The average Bonchev–Trinajstić information content (AvgIpc) is 3.00. The third-order valence-electron chi connectivity index (χ3n) is 5.24. The topological polar surface area (TPSA) is 50.8 Å². The summed E-state index contributed by atoms with van der Waals surface area (Å²) in [5, 5.41) is 3.05. The van der Waals surface area contributed by atoms with Crippen LogP contribution >= 0.6 is 0 Å². The first-order valence-corrected chi connectivity index (χ1v) is 8.79. The van der Waals surface area contributed by atoms with Gasteiger partial charge in [-0.25, -0.2) is 0 Å². The molecule has 1 amide bonds. The fraction of sp³-hybridized carbons (Fsp3) is 0.632. The van der Waals surface area contributed by atoms with Crippen molar-refractivity contribution >= 4 is 11.6 Å². The van der Waals surface area contributed by atoms with Gasteiger partial charge >= 0.3 is 0 Å². The minimum absolute atomic E-state index is 0.0349. The number of amides is 1. The van der Waals surface area contributed by atoms with E-state index in [-0.39, 0.29) is 17.6 Å². The first-order valence-electron chi connectivity index (χ1n) is 8.79.